The van der Waals surface area contributed by atoms with E-state index in [1.54, 1.807) is 0 Å². The standard InChI is InChI=1S/C6H4F2IN/c7-3-5-4(9)1-2-6(8)10-5/h1-2H,3H2. The number of hydrogen-bond donors (Lipinski definition) is 0. The van der Waals surface area contributed by atoms with Crippen LogP contribution in [0, 0.1) is 9.52 Å². The molecule has 0 aliphatic heterocycles. The van der Waals surface area contributed by atoms with Crippen LogP contribution in [0.25, 0.3) is 0 Å². The van der Waals surface area contributed by atoms with Crippen LogP contribution in [-0.4, -0.2) is 4.98 Å². The topological polar surface area (TPSA) is 12.9 Å². The van der Waals surface area contributed by atoms with Gasteiger partial charge >= 0.3 is 0 Å². The summed E-state index contributed by atoms with van der Waals surface area (Å²) in [6.45, 7) is -0.712. The third kappa shape index (κ3) is 1.62. The van der Waals surface area contributed by atoms with Gasteiger partial charge in [0, 0.05) is 3.57 Å². The molecule has 0 amide bonds. The van der Waals surface area contributed by atoms with Crippen LogP contribution in [0.1, 0.15) is 5.69 Å². The Balaban J connectivity index is 3.09. The number of nitrogens with zero attached hydrogens (tertiary/aromatic N) is 1. The zero-order valence-electron chi connectivity index (χ0n) is 4.94. The fraction of sp³-hybridized carbons (Fsp3) is 0.167. The lowest BCUT2D eigenvalue weighted by Crippen LogP contribution is -1.92. The zero-order chi connectivity index (χ0) is 7.56. The van der Waals surface area contributed by atoms with Gasteiger partial charge in [0.05, 0.1) is 5.69 Å². The molecule has 0 radical (unpaired) electrons. The van der Waals surface area contributed by atoms with Crippen LogP contribution in [0.3, 0.4) is 0 Å². The molecule has 1 heterocycles. The van der Waals surface area contributed by atoms with Crippen LogP contribution in [0.15, 0.2) is 12.1 Å². The number of alkyl halides is 1. The second-order valence-electron chi connectivity index (χ2n) is 1.70. The number of rotatable bonds is 1. The summed E-state index contributed by atoms with van der Waals surface area (Å²) in [7, 11) is 0. The van der Waals surface area contributed by atoms with E-state index in [0.717, 1.165) is 0 Å². The molecule has 0 unspecified atom stereocenters. The van der Waals surface area contributed by atoms with Crippen molar-refractivity contribution in [2.24, 2.45) is 0 Å². The van der Waals surface area contributed by atoms with Gasteiger partial charge in [0.25, 0.3) is 0 Å². The minimum absolute atomic E-state index is 0.167. The third-order valence-corrected chi connectivity index (χ3v) is 1.99. The lowest BCUT2D eigenvalue weighted by atomic mass is 10.4. The van der Waals surface area contributed by atoms with Crippen molar-refractivity contribution in [3.05, 3.63) is 27.3 Å². The number of aromatic nitrogens is 1. The maximum absolute atomic E-state index is 12.3. The molecule has 0 saturated heterocycles. The summed E-state index contributed by atoms with van der Waals surface area (Å²) in [6.07, 6.45) is 0. The molecular formula is C6H4F2IN. The average molecular weight is 255 g/mol. The molecule has 0 saturated carbocycles. The fourth-order valence-corrected chi connectivity index (χ4v) is 0.996. The fourth-order valence-electron chi connectivity index (χ4n) is 0.551. The van der Waals surface area contributed by atoms with Crippen LogP contribution in [0.2, 0.25) is 0 Å². The van der Waals surface area contributed by atoms with E-state index in [9.17, 15) is 8.78 Å². The molecule has 1 rings (SSSR count). The largest absolute Gasteiger partial charge is 0.244 e. The van der Waals surface area contributed by atoms with E-state index in [1.807, 2.05) is 22.6 Å². The Kier molecular flexibility index (Phi) is 2.53. The molecule has 4 heteroatoms. The van der Waals surface area contributed by atoms with E-state index in [4.69, 9.17) is 0 Å². The van der Waals surface area contributed by atoms with Crippen molar-refractivity contribution in [1.29, 1.82) is 0 Å². The third-order valence-electron chi connectivity index (χ3n) is 1.01. The molecule has 0 aliphatic carbocycles. The molecule has 10 heavy (non-hydrogen) atoms. The van der Waals surface area contributed by atoms with Crippen LogP contribution < -0.4 is 0 Å². The first-order chi connectivity index (χ1) is 4.74. The summed E-state index contributed by atoms with van der Waals surface area (Å²) < 4.78 is 24.8. The molecule has 0 bridgehead atoms. The normalized spacial score (nSPS) is 9.90. The van der Waals surface area contributed by atoms with Gasteiger partial charge in [-0.25, -0.2) is 9.37 Å². The van der Waals surface area contributed by atoms with Gasteiger partial charge in [-0.05, 0) is 34.7 Å². The van der Waals surface area contributed by atoms with E-state index < -0.39 is 12.6 Å². The second-order valence-corrected chi connectivity index (χ2v) is 2.86. The first kappa shape index (κ1) is 7.84. The average Bonchev–Trinajstić information content (AvgIpc) is 1.94. The quantitative estimate of drug-likeness (QED) is 0.554. The Bertz CT molecular complexity index is 239. The van der Waals surface area contributed by atoms with Crippen LogP contribution in [0.4, 0.5) is 8.78 Å². The highest BCUT2D eigenvalue weighted by Crippen LogP contribution is 2.10. The van der Waals surface area contributed by atoms with Gasteiger partial charge < -0.3 is 0 Å². The van der Waals surface area contributed by atoms with Crippen molar-refractivity contribution in [2.45, 2.75) is 6.67 Å². The summed E-state index contributed by atoms with van der Waals surface area (Å²) in [5.74, 6) is -0.631. The summed E-state index contributed by atoms with van der Waals surface area (Å²) in [5.41, 5.74) is 0.167. The lowest BCUT2D eigenvalue weighted by molar-refractivity contribution is 0.463. The maximum atomic E-state index is 12.3. The van der Waals surface area contributed by atoms with E-state index in [0.29, 0.717) is 3.57 Å². The highest BCUT2D eigenvalue weighted by atomic mass is 127. The monoisotopic (exact) mass is 255 g/mol. The summed E-state index contributed by atoms with van der Waals surface area (Å²) >= 11 is 1.91. The van der Waals surface area contributed by atoms with Gasteiger partial charge in [0.1, 0.15) is 6.67 Å². The van der Waals surface area contributed by atoms with Crippen molar-refractivity contribution < 1.29 is 8.78 Å². The van der Waals surface area contributed by atoms with Crippen LogP contribution in [-0.2, 0) is 6.67 Å². The molecule has 0 aromatic carbocycles. The van der Waals surface area contributed by atoms with Gasteiger partial charge in [-0.1, -0.05) is 0 Å². The van der Waals surface area contributed by atoms with Crippen molar-refractivity contribution >= 4 is 22.6 Å². The molecule has 0 N–H and O–H groups in total. The van der Waals surface area contributed by atoms with Crippen LogP contribution >= 0.6 is 22.6 Å². The molecule has 0 fully saturated rings. The number of hydrogen-bond acceptors (Lipinski definition) is 1. The van der Waals surface area contributed by atoms with Crippen LogP contribution in [0.5, 0.6) is 0 Å². The molecule has 1 aromatic heterocycles. The molecule has 54 valence electrons. The second kappa shape index (κ2) is 3.23. The van der Waals surface area contributed by atoms with Crippen molar-refractivity contribution in [3.8, 4) is 0 Å². The van der Waals surface area contributed by atoms with E-state index in [1.165, 1.54) is 12.1 Å². The molecule has 1 aromatic rings. The van der Waals surface area contributed by atoms with Crippen molar-refractivity contribution in [3.63, 3.8) is 0 Å². The predicted molar refractivity (Wildman–Crippen MR) is 41.7 cm³/mol. The highest BCUT2D eigenvalue weighted by Gasteiger charge is 2.00. The Hall–Kier alpha value is -0.260. The summed E-state index contributed by atoms with van der Waals surface area (Å²) in [6, 6.07) is 2.71. The molecule has 1 nitrogen and oxygen atoms in total. The number of pyridine rings is 1. The maximum Gasteiger partial charge on any atom is 0.213 e. The molecule has 0 aliphatic rings. The summed E-state index contributed by atoms with van der Waals surface area (Å²) in [4.78, 5) is 3.34. The minimum atomic E-state index is -0.712. The van der Waals surface area contributed by atoms with Gasteiger partial charge in [0.15, 0.2) is 0 Å². The smallest absolute Gasteiger partial charge is 0.213 e. The lowest BCUT2D eigenvalue weighted by Gasteiger charge is -1.95. The number of halogens is 3. The molecular weight excluding hydrogens is 251 g/mol. The zero-order valence-corrected chi connectivity index (χ0v) is 7.10. The highest BCUT2D eigenvalue weighted by molar-refractivity contribution is 14.1. The molecule has 0 atom stereocenters. The van der Waals surface area contributed by atoms with E-state index >= 15 is 0 Å². The Morgan fingerprint density at radius 2 is 2.20 bits per heavy atom. The SMILES string of the molecule is FCc1nc(F)ccc1I. The Morgan fingerprint density at radius 3 is 2.70 bits per heavy atom. The van der Waals surface area contributed by atoms with Crippen molar-refractivity contribution in [1.82, 2.24) is 4.98 Å². The predicted octanol–water partition coefficient (Wildman–Crippen LogP) is 2.29. The van der Waals surface area contributed by atoms with E-state index in [2.05, 4.69) is 4.98 Å². The Labute approximate surface area is 70.6 Å². The first-order valence-electron chi connectivity index (χ1n) is 2.61. The minimum Gasteiger partial charge on any atom is -0.244 e. The van der Waals surface area contributed by atoms with Crippen molar-refractivity contribution in [2.75, 3.05) is 0 Å². The van der Waals surface area contributed by atoms with Gasteiger partial charge in [-0.3, -0.25) is 0 Å². The first-order valence-corrected chi connectivity index (χ1v) is 3.69. The van der Waals surface area contributed by atoms with E-state index in [-0.39, 0.29) is 5.69 Å². The van der Waals surface area contributed by atoms with Gasteiger partial charge in [-0.15, -0.1) is 0 Å². The van der Waals surface area contributed by atoms with Gasteiger partial charge in [-0.2, -0.15) is 4.39 Å². The van der Waals surface area contributed by atoms with Gasteiger partial charge in [0.2, 0.25) is 5.95 Å². The molecule has 0 spiro atoms. The summed E-state index contributed by atoms with van der Waals surface area (Å²) in [5, 5.41) is 0. The Morgan fingerprint density at radius 1 is 1.50 bits per heavy atom.